The van der Waals surface area contributed by atoms with Gasteiger partial charge in [-0.1, -0.05) is 216 Å². The van der Waals surface area contributed by atoms with E-state index in [-0.39, 0.29) is 13.4 Å². The molecule has 0 N–H and O–H groups in total. The predicted octanol–water partition coefficient (Wildman–Crippen LogP) is 20.0. The monoisotopic (exact) mass is 1190 g/mol. The van der Waals surface area contributed by atoms with E-state index in [1.165, 1.54) is 243 Å². The second-order valence-corrected chi connectivity index (χ2v) is 28.0. The van der Waals surface area contributed by atoms with Crippen LogP contribution in [-0.4, -0.2) is 13.4 Å². The molecular formula is C90H58B2N2. The van der Waals surface area contributed by atoms with E-state index >= 15 is 0 Å². The Morgan fingerprint density at radius 2 is 0.500 bits per heavy atom. The smallest absolute Gasteiger partial charge is 0.249 e. The van der Waals surface area contributed by atoms with E-state index in [0.29, 0.717) is 0 Å². The lowest BCUT2D eigenvalue weighted by Crippen LogP contribution is -2.61. The van der Waals surface area contributed by atoms with Crippen molar-refractivity contribution in [2.75, 3.05) is 9.80 Å². The van der Waals surface area contributed by atoms with Crippen molar-refractivity contribution in [1.29, 1.82) is 0 Å². The molecule has 0 saturated carbocycles. The molecule has 0 atom stereocenters. The number of rotatable bonds is 5. The van der Waals surface area contributed by atoms with E-state index in [4.69, 9.17) is 0 Å². The molecule has 16 aromatic carbocycles. The molecule has 0 fully saturated rings. The van der Waals surface area contributed by atoms with Gasteiger partial charge >= 0.3 is 0 Å². The molecule has 0 bridgehead atoms. The number of hydrogen-bond donors (Lipinski definition) is 0. The zero-order valence-electron chi connectivity index (χ0n) is 53.1. The van der Waals surface area contributed by atoms with Crippen LogP contribution in [0.25, 0.3) is 143 Å². The van der Waals surface area contributed by atoms with Crippen LogP contribution >= 0.6 is 0 Å². The van der Waals surface area contributed by atoms with E-state index in [1.807, 2.05) is 0 Å². The van der Waals surface area contributed by atoms with Gasteiger partial charge in [-0.3, -0.25) is 0 Å². The van der Waals surface area contributed by atoms with Crippen LogP contribution in [0.5, 0.6) is 0 Å². The van der Waals surface area contributed by atoms with E-state index in [1.54, 1.807) is 0 Å². The Kier molecular flexibility index (Phi) is 9.79. The van der Waals surface area contributed by atoms with E-state index in [2.05, 4.69) is 294 Å². The minimum atomic E-state index is 0.0918. The molecule has 0 aliphatic carbocycles. The van der Waals surface area contributed by atoms with Gasteiger partial charge < -0.3 is 9.80 Å². The first-order valence-electron chi connectivity index (χ1n) is 33.5. The van der Waals surface area contributed by atoms with Crippen LogP contribution in [-0.2, 0) is 0 Å². The van der Waals surface area contributed by atoms with Gasteiger partial charge in [0.1, 0.15) is 0 Å². The summed E-state index contributed by atoms with van der Waals surface area (Å²) in [5.41, 5.74) is 42.3. The van der Waals surface area contributed by atoms with Crippen LogP contribution in [0.2, 0.25) is 0 Å². The fraction of sp³-hybridized carbons (Fsp3) is 0.0667. The average molecular weight is 1190 g/mol. The van der Waals surface area contributed by atoms with Gasteiger partial charge in [-0.25, -0.2) is 0 Å². The molecule has 0 aromatic heterocycles. The molecule has 94 heavy (non-hydrogen) atoms. The number of hydrogen-bond acceptors (Lipinski definition) is 2. The lowest BCUT2D eigenvalue weighted by molar-refractivity contribution is 1.21. The van der Waals surface area contributed by atoms with Gasteiger partial charge in [0, 0.05) is 22.7 Å². The molecule has 2 nitrogen and oxygen atoms in total. The number of benzene rings is 16. The number of aryl methyl sites for hydroxylation is 6. The average Bonchev–Trinajstić information content (AvgIpc) is 0.677. The Balaban J connectivity index is 0.727. The Morgan fingerprint density at radius 3 is 0.798 bits per heavy atom. The lowest BCUT2D eigenvalue weighted by atomic mass is 9.29. The number of anilines is 6. The topological polar surface area (TPSA) is 6.48 Å². The molecular weight excluding hydrogens is 1130 g/mol. The highest BCUT2D eigenvalue weighted by Gasteiger charge is 2.48. The van der Waals surface area contributed by atoms with Gasteiger partial charge in [-0.15, -0.1) is 0 Å². The molecule has 434 valence electrons. The van der Waals surface area contributed by atoms with Crippen molar-refractivity contribution in [3.63, 3.8) is 0 Å². The molecule has 0 spiro atoms. The highest BCUT2D eigenvalue weighted by molar-refractivity contribution is 7.04. The Labute approximate surface area is 546 Å². The zero-order chi connectivity index (χ0) is 62.0. The zero-order valence-corrected chi connectivity index (χ0v) is 53.1. The number of fused-ring (bicyclic) bond motifs is 6. The summed E-state index contributed by atoms with van der Waals surface area (Å²) < 4.78 is 0. The van der Waals surface area contributed by atoms with Crippen LogP contribution in [0, 0.1) is 41.5 Å². The van der Waals surface area contributed by atoms with Gasteiger partial charge in [0.25, 0.3) is 0 Å². The summed E-state index contributed by atoms with van der Waals surface area (Å²) in [6, 6.07) is 94.9. The molecule has 0 radical (unpaired) electrons. The van der Waals surface area contributed by atoms with Gasteiger partial charge in [0.2, 0.25) is 13.4 Å². The summed E-state index contributed by atoms with van der Waals surface area (Å²) in [6.07, 6.45) is 0. The van der Waals surface area contributed by atoms with Crippen molar-refractivity contribution in [3.05, 3.63) is 276 Å². The third-order valence-corrected chi connectivity index (χ3v) is 22.9. The maximum absolute atomic E-state index is 2.62. The Morgan fingerprint density at radius 1 is 0.223 bits per heavy atom. The van der Waals surface area contributed by atoms with Gasteiger partial charge in [0.05, 0.1) is 11.4 Å². The number of nitrogens with zero attached hydrogens (tertiary/aromatic N) is 2. The van der Waals surface area contributed by atoms with Crippen LogP contribution in [0.15, 0.2) is 243 Å². The first-order chi connectivity index (χ1) is 46.1. The van der Waals surface area contributed by atoms with Crippen LogP contribution < -0.4 is 42.6 Å². The van der Waals surface area contributed by atoms with Crippen molar-refractivity contribution in [3.8, 4) is 77.9 Å². The molecule has 4 heteroatoms. The molecule has 0 unspecified atom stereocenters. The van der Waals surface area contributed by atoms with Crippen LogP contribution in [0.3, 0.4) is 0 Å². The second-order valence-electron chi connectivity index (χ2n) is 28.0. The third kappa shape index (κ3) is 6.35. The maximum atomic E-state index is 2.62. The van der Waals surface area contributed by atoms with Gasteiger partial charge in [0.15, 0.2) is 0 Å². The fourth-order valence-electron chi connectivity index (χ4n) is 19.8. The summed E-state index contributed by atoms with van der Waals surface area (Å²) in [5, 5.41) is 15.7. The maximum Gasteiger partial charge on any atom is 0.249 e. The summed E-state index contributed by atoms with van der Waals surface area (Å²) in [5.74, 6) is 0. The minimum absolute atomic E-state index is 0.0918. The second kappa shape index (κ2) is 17.9. The van der Waals surface area contributed by atoms with Crippen LogP contribution in [0.4, 0.5) is 34.1 Å². The van der Waals surface area contributed by atoms with Crippen molar-refractivity contribution >= 4 is 145 Å². The quantitative estimate of drug-likeness (QED) is 0.159. The highest BCUT2D eigenvalue weighted by atomic mass is 15.2. The van der Waals surface area contributed by atoms with Crippen molar-refractivity contribution < 1.29 is 0 Å². The Bertz CT molecular complexity index is 5680. The molecule has 0 amide bonds. The van der Waals surface area contributed by atoms with Crippen LogP contribution in [0.1, 0.15) is 33.4 Å². The van der Waals surface area contributed by atoms with E-state index in [9.17, 15) is 0 Å². The van der Waals surface area contributed by atoms with Crippen molar-refractivity contribution in [1.82, 2.24) is 0 Å². The molecule has 6 heterocycles. The minimum Gasteiger partial charge on any atom is -0.311 e. The molecule has 0 saturated heterocycles. The molecule has 6 aliphatic heterocycles. The first kappa shape index (κ1) is 51.4. The summed E-state index contributed by atoms with van der Waals surface area (Å²) in [6.45, 7) is 13.8. The van der Waals surface area contributed by atoms with Crippen molar-refractivity contribution in [2.24, 2.45) is 0 Å². The largest absolute Gasteiger partial charge is 0.311 e. The standard InChI is InChI=1S/C90H58B2N2/c1-47-39-49(3)89(50(4)40-47)93-75-35-27-53-15-11-23-67-71-43-57(44-72-68-24-12-16-54-28-36-76(93)86(80(54)68)91(83(71)72)85(75)79(53)67)59-31-33-65(63-21-9-7-19-61(59)63)66-34-32-60(62-20-8-10-22-64(62)66)58-45-73-69-25-13-17-55-29-37-77-87(81(55)69)92-84(73)74(46-58)70-26-14-18-56-30-38-78(88(92)82(56)70)94(77)90-51(5)41-48(2)42-52(90)6/h7-46H,1-6H3. The summed E-state index contributed by atoms with van der Waals surface area (Å²) >= 11 is 0. The van der Waals surface area contributed by atoms with Crippen molar-refractivity contribution in [2.45, 2.75) is 41.5 Å². The lowest BCUT2D eigenvalue weighted by Gasteiger charge is -2.44. The SMILES string of the molecule is Cc1cc(C)c(N2c3ccc4cccc5c4c3B3c4c-5cc(-c5ccc(-c6ccc(-c7cc8c9c(c7)-c7cccc%10ccc%11c(c7%10)B9c7c(ccc9cccc-8c79)N%11c7c(C)cc(C)cc7C)c7ccccc67)c6ccccc56)cc4-c4cccc5ccc2c3c45)c(C)c1. The molecule has 6 aliphatic rings. The predicted molar refractivity (Wildman–Crippen MR) is 404 cm³/mol. The first-order valence-corrected chi connectivity index (χ1v) is 33.5. The normalized spacial score (nSPS) is 13.6. The summed E-state index contributed by atoms with van der Waals surface area (Å²) in [4.78, 5) is 5.24. The molecule has 22 rings (SSSR count). The Hall–Kier alpha value is -11.2. The van der Waals surface area contributed by atoms with Gasteiger partial charge in [-0.2, -0.15) is 0 Å². The summed E-state index contributed by atoms with van der Waals surface area (Å²) in [7, 11) is 0. The highest BCUT2D eigenvalue weighted by Crippen LogP contribution is 2.53. The van der Waals surface area contributed by atoms with Gasteiger partial charge in [-0.05, 0) is 277 Å². The third-order valence-electron chi connectivity index (χ3n) is 22.9. The van der Waals surface area contributed by atoms with E-state index < -0.39 is 0 Å². The molecule has 16 aromatic rings. The fourth-order valence-corrected chi connectivity index (χ4v) is 19.8. The van der Waals surface area contributed by atoms with E-state index in [0.717, 1.165) is 0 Å².